The Kier molecular flexibility index (Phi) is 5.53. The van der Waals surface area contributed by atoms with Gasteiger partial charge in [-0.3, -0.25) is 0 Å². The van der Waals surface area contributed by atoms with Crippen molar-refractivity contribution in [1.82, 2.24) is 9.97 Å². The summed E-state index contributed by atoms with van der Waals surface area (Å²) < 4.78 is 11.0. The third-order valence-corrected chi connectivity index (χ3v) is 4.52. The van der Waals surface area contributed by atoms with E-state index in [-0.39, 0.29) is 18.1 Å². The Bertz CT molecular complexity index is 914. The largest absolute Gasteiger partial charge is 0.456 e. The molecule has 3 aromatic rings. The summed E-state index contributed by atoms with van der Waals surface area (Å²) in [7, 11) is 0. The normalized spacial score (nSPS) is 10.5. The van der Waals surface area contributed by atoms with Crippen molar-refractivity contribution in [3.05, 3.63) is 68.2 Å². The molecule has 8 heteroatoms. The molecule has 2 aromatic heterocycles. The predicted molar refractivity (Wildman–Crippen MR) is 96.7 cm³/mol. The summed E-state index contributed by atoms with van der Waals surface area (Å²) in [5, 5.41) is 1.71. The molecule has 0 aliphatic heterocycles. The first kappa shape index (κ1) is 17.7. The quantitative estimate of drug-likeness (QED) is 0.549. The van der Waals surface area contributed by atoms with Crippen LogP contribution in [0.5, 0.6) is 11.6 Å². The first-order valence-corrected chi connectivity index (χ1v) is 8.76. The second-order valence-corrected chi connectivity index (χ2v) is 7.12. The highest BCUT2D eigenvalue weighted by Crippen LogP contribution is 2.32. The molecular formula is C17H12Cl2N2O3S. The number of thiazole rings is 1. The van der Waals surface area contributed by atoms with Crippen LogP contribution in [0.1, 0.15) is 20.2 Å². The molecule has 0 fully saturated rings. The van der Waals surface area contributed by atoms with E-state index in [9.17, 15) is 4.79 Å². The Balaban J connectivity index is 1.76. The highest BCUT2D eigenvalue weighted by Gasteiger charge is 2.17. The Hall–Kier alpha value is -2.15. The van der Waals surface area contributed by atoms with Gasteiger partial charge < -0.3 is 9.47 Å². The maximum atomic E-state index is 12.4. The standard InChI is InChI=1S/C17H12Cl2N2O3S/c1-10-21-8-12(25-10)9-23-17(22)13-3-2-6-20-16(13)24-15-5-4-11(18)7-14(15)19/h2-8H,9H2,1H3. The average molecular weight is 395 g/mol. The number of hydrogen-bond donors (Lipinski definition) is 0. The van der Waals surface area contributed by atoms with E-state index in [1.54, 1.807) is 36.5 Å². The first-order valence-electron chi connectivity index (χ1n) is 7.19. The summed E-state index contributed by atoms with van der Waals surface area (Å²) in [4.78, 5) is 21.4. The maximum absolute atomic E-state index is 12.4. The van der Waals surface area contributed by atoms with Crippen LogP contribution < -0.4 is 4.74 Å². The van der Waals surface area contributed by atoms with E-state index in [1.165, 1.54) is 17.5 Å². The fraction of sp³-hybridized carbons (Fsp3) is 0.118. The molecule has 128 valence electrons. The van der Waals surface area contributed by atoms with Crippen molar-refractivity contribution >= 4 is 40.5 Å². The zero-order chi connectivity index (χ0) is 17.8. The monoisotopic (exact) mass is 394 g/mol. The number of carbonyl (C=O) groups is 1. The lowest BCUT2D eigenvalue weighted by molar-refractivity contribution is 0.0473. The van der Waals surface area contributed by atoms with Gasteiger partial charge in [-0.15, -0.1) is 11.3 Å². The molecule has 0 spiro atoms. The number of pyridine rings is 1. The molecule has 0 atom stereocenters. The van der Waals surface area contributed by atoms with Crippen molar-refractivity contribution in [3.63, 3.8) is 0 Å². The highest BCUT2D eigenvalue weighted by atomic mass is 35.5. The molecule has 3 rings (SSSR count). The van der Waals surface area contributed by atoms with Gasteiger partial charge in [-0.05, 0) is 37.3 Å². The number of nitrogens with zero attached hydrogens (tertiary/aromatic N) is 2. The van der Waals surface area contributed by atoms with E-state index in [1.807, 2.05) is 6.92 Å². The summed E-state index contributed by atoms with van der Waals surface area (Å²) in [6, 6.07) is 7.99. The summed E-state index contributed by atoms with van der Waals surface area (Å²) in [6.07, 6.45) is 3.20. The molecule has 0 unspecified atom stereocenters. The number of aromatic nitrogens is 2. The minimum atomic E-state index is -0.542. The predicted octanol–water partition coefficient (Wildman–Crippen LogP) is 5.30. The van der Waals surface area contributed by atoms with Crippen LogP contribution in [0.25, 0.3) is 0 Å². The zero-order valence-corrected chi connectivity index (χ0v) is 15.4. The van der Waals surface area contributed by atoms with Gasteiger partial charge in [0.15, 0.2) is 0 Å². The molecule has 0 amide bonds. The van der Waals surface area contributed by atoms with Gasteiger partial charge in [-0.25, -0.2) is 14.8 Å². The van der Waals surface area contributed by atoms with Crippen LogP contribution in [0.2, 0.25) is 10.0 Å². The van der Waals surface area contributed by atoms with Crippen molar-refractivity contribution in [3.8, 4) is 11.6 Å². The van der Waals surface area contributed by atoms with Crippen LogP contribution in [0.3, 0.4) is 0 Å². The number of ether oxygens (including phenoxy) is 2. The van der Waals surface area contributed by atoms with E-state index in [0.29, 0.717) is 15.8 Å². The van der Waals surface area contributed by atoms with Crippen molar-refractivity contribution in [2.75, 3.05) is 0 Å². The summed E-state index contributed by atoms with van der Waals surface area (Å²) in [6.45, 7) is 2.03. The summed E-state index contributed by atoms with van der Waals surface area (Å²) in [5.41, 5.74) is 0.203. The van der Waals surface area contributed by atoms with Gasteiger partial charge in [0.25, 0.3) is 0 Å². The lowest BCUT2D eigenvalue weighted by Crippen LogP contribution is -2.07. The van der Waals surface area contributed by atoms with E-state index in [4.69, 9.17) is 32.7 Å². The molecule has 1 aromatic carbocycles. The number of hydrogen-bond acceptors (Lipinski definition) is 6. The van der Waals surface area contributed by atoms with Crippen LogP contribution in [0.4, 0.5) is 0 Å². The van der Waals surface area contributed by atoms with E-state index in [2.05, 4.69) is 9.97 Å². The van der Waals surface area contributed by atoms with Gasteiger partial charge in [0.1, 0.15) is 17.9 Å². The number of esters is 1. The number of rotatable bonds is 5. The van der Waals surface area contributed by atoms with Crippen molar-refractivity contribution < 1.29 is 14.3 Å². The Morgan fingerprint density at radius 2 is 2.08 bits per heavy atom. The van der Waals surface area contributed by atoms with Crippen LogP contribution in [-0.4, -0.2) is 15.9 Å². The second kappa shape index (κ2) is 7.82. The Morgan fingerprint density at radius 1 is 1.24 bits per heavy atom. The number of aryl methyl sites for hydroxylation is 1. The fourth-order valence-corrected chi connectivity index (χ4v) is 3.13. The molecule has 0 N–H and O–H groups in total. The van der Waals surface area contributed by atoms with Gasteiger partial charge in [-0.2, -0.15) is 0 Å². The van der Waals surface area contributed by atoms with Gasteiger partial charge in [0.2, 0.25) is 5.88 Å². The Labute approximate surface area is 158 Å². The minimum Gasteiger partial charge on any atom is -0.456 e. The zero-order valence-electron chi connectivity index (χ0n) is 13.0. The molecule has 0 bridgehead atoms. The van der Waals surface area contributed by atoms with Gasteiger partial charge in [-0.1, -0.05) is 23.2 Å². The second-order valence-electron chi connectivity index (χ2n) is 4.95. The molecule has 25 heavy (non-hydrogen) atoms. The lowest BCUT2D eigenvalue weighted by atomic mass is 10.2. The lowest BCUT2D eigenvalue weighted by Gasteiger charge is -2.10. The van der Waals surface area contributed by atoms with E-state index >= 15 is 0 Å². The Morgan fingerprint density at radius 3 is 2.80 bits per heavy atom. The molecule has 0 saturated carbocycles. The van der Waals surface area contributed by atoms with E-state index < -0.39 is 5.97 Å². The molecule has 2 heterocycles. The van der Waals surface area contributed by atoms with Crippen molar-refractivity contribution in [1.29, 1.82) is 0 Å². The molecular weight excluding hydrogens is 383 g/mol. The average Bonchev–Trinajstić information content (AvgIpc) is 3.01. The summed E-state index contributed by atoms with van der Waals surface area (Å²) in [5.74, 6) is -0.0895. The van der Waals surface area contributed by atoms with Crippen LogP contribution >= 0.6 is 34.5 Å². The highest BCUT2D eigenvalue weighted by molar-refractivity contribution is 7.11. The van der Waals surface area contributed by atoms with Crippen LogP contribution in [0.15, 0.2) is 42.7 Å². The minimum absolute atomic E-state index is 0.109. The summed E-state index contributed by atoms with van der Waals surface area (Å²) >= 11 is 13.4. The van der Waals surface area contributed by atoms with Gasteiger partial charge >= 0.3 is 5.97 Å². The van der Waals surface area contributed by atoms with Crippen LogP contribution in [-0.2, 0) is 11.3 Å². The van der Waals surface area contributed by atoms with Crippen molar-refractivity contribution in [2.45, 2.75) is 13.5 Å². The molecule has 0 saturated heterocycles. The van der Waals surface area contributed by atoms with E-state index in [0.717, 1.165) is 9.88 Å². The van der Waals surface area contributed by atoms with Crippen molar-refractivity contribution in [2.24, 2.45) is 0 Å². The molecule has 5 nitrogen and oxygen atoms in total. The third-order valence-electron chi connectivity index (χ3n) is 3.11. The topological polar surface area (TPSA) is 61.3 Å². The number of benzene rings is 1. The maximum Gasteiger partial charge on any atom is 0.344 e. The SMILES string of the molecule is Cc1ncc(COC(=O)c2cccnc2Oc2ccc(Cl)cc2Cl)s1. The molecule has 0 radical (unpaired) electrons. The third kappa shape index (κ3) is 4.48. The van der Waals surface area contributed by atoms with Gasteiger partial charge in [0, 0.05) is 17.4 Å². The molecule has 0 aliphatic rings. The van der Waals surface area contributed by atoms with Crippen LogP contribution in [0, 0.1) is 6.92 Å². The number of halogens is 2. The first-order chi connectivity index (χ1) is 12.0. The smallest absolute Gasteiger partial charge is 0.344 e. The van der Waals surface area contributed by atoms with Gasteiger partial charge in [0.05, 0.1) is 14.9 Å². The fourth-order valence-electron chi connectivity index (χ4n) is 1.98. The number of carbonyl (C=O) groups excluding carboxylic acids is 1. The molecule has 0 aliphatic carbocycles.